The Morgan fingerprint density at radius 1 is 1.39 bits per heavy atom. The fourth-order valence-corrected chi connectivity index (χ4v) is 2.35. The van der Waals surface area contributed by atoms with E-state index in [-0.39, 0.29) is 5.97 Å². The van der Waals surface area contributed by atoms with Crippen LogP contribution in [0.25, 0.3) is 0 Å². The Bertz CT molecular complexity index is 438. The van der Waals surface area contributed by atoms with Gasteiger partial charge in [0.25, 0.3) is 0 Å². The minimum Gasteiger partial charge on any atom is -0.493 e. The second kappa shape index (κ2) is 5.89. The number of carbonyl (C=O) groups excluding carboxylic acids is 1. The molecule has 1 aromatic rings. The van der Waals surface area contributed by atoms with Crippen LogP contribution in [0.3, 0.4) is 0 Å². The predicted octanol–water partition coefficient (Wildman–Crippen LogP) is 2.68. The Kier molecular flexibility index (Phi) is 4.24. The second-order valence-corrected chi connectivity index (χ2v) is 4.50. The van der Waals surface area contributed by atoms with Gasteiger partial charge in [-0.25, -0.2) is 0 Å². The van der Waals surface area contributed by atoms with Gasteiger partial charge in [0.2, 0.25) is 0 Å². The van der Waals surface area contributed by atoms with Crippen molar-refractivity contribution in [3.8, 4) is 5.75 Å². The van der Waals surface area contributed by atoms with Crippen molar-refractivity contribution in [3.63, 3.8) is 0 Å². The van der Waals surface area contributed by atoms with Crippen molar-refractivity contribution >= 4 is 5.97 Å². The molecule has 1 heterocycles. The Labute approximate surface area is 108 Å². The molecule has 3 heteroatoms. The number of hydrogen-bond acceptors (Lipinski definition) is 3. The number of fused-ring (bicyclic) bond motifs is 1. The summed E-state index contributed by atoms with van der Waals surface area (Å²) < 4.78 is 10.6. The first-order valence-electron chi connectivity index (χ1n) is 6.67. The summed E-state index contributed by atoms with van der Waals surface area (Å²) >= 11 is 0. The van der Waals surface area contributed by atoms with Gasteiger partial charge in [-0.3, -0.25) is 4.79 Å². The number of aryl methyl sites for hydroxylation is 2. The zero-order valence-electron chi connectivity index (χ0n) is 11.1. The number of ether oxygens (including phenoxy) is 2. The molecular formula is C15H20O3. The van der Waals surface area contributed by atoms with Crippen LogP contribution in [0, 0.1) is 0 Å². The minimum atomic E-state index is -0.118. The lowest BCUT2D eigenvalue weighted by molar-refractivity contribution is -0.143. The summed E-state index contributed by atoms with van der Waals surface area (Å²) in [6.07, 6.45) is 3.15. The maximum atomic E-state index is 11.4. The largest absolute Gasteiger partial charge is 0.493 e. The van der Waals surface area contributed by atoms with Crippen LogP contribution in [0.15, 0.2) is 12.1 Å². The lowest BCUT2D eigenvalue weighted by Crippen LogP contribution is -2.05. The van der Waals surface area contributed by atoms with Gasteiger partial charge in [0.15, 0.2) is 0 Å². The first-order chi connectivity index (χ1) is 8.74. The smallest absolute Gasteiger partial charge is 0.306 e. The highest BCUT2D eigenvalue weighted by molar-refractivity contribution is 5.69. The maximum Gasteiger partial charge on any atom is 0.306 e. The molecule has 1 aliphatic rings. The molecule has 98 valence electrons. The van der Waals surface area contributed by atoms with Crippen molar-refractivity contribution in [2.75, 3.05) is 13.2 Å². The molecule has 0 N–H and O–H groups in total. The number of benzene rings is 1. The van der Waals surface area contributed by atoms with Gasteiger partial charge < -0.3 is 9.47 Å². The molecule has 2 rings (SSSR count). The van der Waals surface area contributed by atoms with Gasteiger partial charge in [0, 0.05) is 12.8 Å². The van der Waals surface area contributed by atoms with E-state index in [1.165, 1.54) is 16.7 Å². The fraction of sp³-hybridized carbons (Fsp3) is 0.533. The molecule has 0 fully saturated rings. The summed E-state index contributed by atoms with van der Waals surface area (Å²) in [5, 5.41) is 0. The lowest BCUT2D eigenvalue weighted by atomic mass is 9.99. The normalized spacial score (nSPS) is 13.0. The van der Waals surface area contributed by atoms with Crippen LogP contribution in [0.1, 0.15) is 37.0 Å². The summed E-state index contributed by atoms with van der Waals surface area (Å²) in [6, 6.07) is 4.32. The zero-order chi connectivity index (χ0) is 13.0. The van der Waals surface area contributed by atoms with E-state index >= 15 is 0 Å². The average molecular weight is 248 g/mol. The topological polar surface area (TPSA) is 35.5 Å². The molecule has 0 amide bonds. The molecule has 0 aromatic heterocycles. The Hall–Kier alpha value is -1.51. The van der Waals surface area contributed by atoms with E-state index in [2.05, 4.69) is 19.1 Å². The molecule has 0 saturated heterocycles. The molecule has 0 aliphatic carbocycles. The number of carbonyl (C=O) groups is 1. The first-order valence-corrected chi connectivity index (χ1v) is 6.67. The summed E-state index contributed by atoms with van der Waals surface area (Å²) in [5.41, 5.74) is 3.75. The van der Waals surface area contributed by atoms with Crippen LogP contribution in [-0.4, -0.2) is 19.2 Å². The number of hydrogen-bond donors (Lipinski definition) is 0. The summed E-state index contributed by atoms with van der Waals surface area (Å²) in [7, 11) is 0. The van der Waals surface area contributed by atoms with Crippen LogP contribution >= 0.6 is 0 Å². The quantitative estimate of drug-likeness (QED) is 0.751. The zero-order valence-corrected chi connectivity index (χ0v) is 11.1. The monoisotopic (exact) mass is 248 g/mol. The molecule has 3 nitrogen and oxygen atoms in total. The molecular weight excluding hydrogens is 228 g/mol. The van der Waals surface area contributed by atoms with E-state index in [1.807, 2.05) is 6.92 Å². The van der Waals surface area contributed by atoms with Crippen molar-refractivity contribution in [1.82, 2.24) is 0 Å². The van der Waals surface area contributed by atoms with Crippen molar-refractivity contribution in [3.05, 3.63) is 28.8 Å². The third kappa shape index (κ3) is 2.84. The van der Waals surface area contributed by atoms with Gasteiger partial charge in [-0.2, -0.15) is 0 Å². The van der Waals surface area contributed by atoms with Crippen molar-refractivity contribution in [1.29, 1.82) is 0 Å². The van der Waals surface area contributed by atoms with Crippen LogP contribution in [0.4, 0.5) is 0 Å². The highest BCUT2D eigenvalue weighted by Gasteiger charge is 2.17. The van der Waals surface area contributed by atoms with Crippen LogP contribution in [-0.2, 0) is 28.8 Å². The van der Waals surface area contributed by atoms with Crippen LogP contribution in [0.2, 0.25) is 0 Å². The second-order valence-electron chi connectivity index (χ2n) is 4.50. The molecule has 0 spiro atoms. The molecule has 0 unspecified atom stereocenters. The van der Waals surface area contributed by atoms with Gasteiger partial charge in [-0.1, -0.05) is 19.1 Å². The molecule has 18 heavy (non-hydrogen) atoms. The molecule has 0 bridgehead atoms. The van der Waals surface area contributed by atoms with E-state index in [1.54, 1.807) is 0 Å². The highest BCUT2D eigenvalue weighted by Crippen LogP contribution is 2.31. The standard InChI is InChI=1S/C15H20O3/c1-3-12-9-11(5-6-14(16)17-4-2)10-13-7-8-18-15(12)13/h9-10H,3-8H2,1-2H3. The molecule has 0 saturated carbocycles. The molecule has 1 aliphatic heterocycles. The van der Waals surface area contributed by atoms with Crippen molar-refractivity contribution in [2.24, 2.45) is 0 Å². The van der Waals surface area contributed by atoms with Gasteiger partial charge in [-0.15, -0.1) is 0 Å². The van der Waals surface area contributed by atoms with Gasteiger partial charge in [0.05, 0.1) is 13.2 Å². The van der Waals surface area contributed by atoms with E-state index < -0.39 is 0 Å². The Morgan fingerprint density at radius 3 is 2.94 bits per heavy atom. The Balaban J connectivity index is 2.07. The van der Waals surface area contributed by atoms with Crippen LogP contribution < -0.4 is 4.74 Å². The van der Waals surface area contributed by atoms with E-state index in [0.717, 1.165) is 31.6 Å². The fourth-order valence-electron chi connectivity index (χ4n) is 2.35. The highest BCUT2D eigenvalue weighted by atomic mass is 16.5. The van der Waals surface area contributed by atoms with Gasteiger partial charge >= 0.3 is 5.97 Å². The van der Waals surface area contributed by atoms with Gasteiger partial charge in [-0.05, 0) is 36.5 Å². The van der Waals surface area contributed by atoms with E-state index in [4.69, 9.17) is 9.47 Å². The molecule has 0 atom stereocenters. The number of rotatable bonds is 5. The van der Waals surface area contributed by atoms with Gasteiger partial charge in [0.1, 0.15) is 5.75 Å². The first kappa shape index (κ1) is 12.9. The third-order valence-corrected chi connectivity index (χ3v) is 3.22. The van der Waals surface area contributed by atoms with Crippen molar-refractivity contribution < 1.29 is 14.3 Å². The molecule has 1 aromatic carbocycles. The third-order valence-electron chi connectivity index (χ3n) is 3.22. The average Bonchev–Trinajstić information content (AvgIpc) is 2.83. The SMILES string of the molecule is CCOC(=O)CCc1cc(CC)c2c(c1)CCO2. The van der Waals surface area contributed by atoms with E-state index in [9.17, 15) is 4.79 Å². The number of esters is 1. The summed E-state index contributed by atoms with van der Waals surface area (Å²) in [6.45, 7) is 5.20. The minimum absolute atomic E-state index is 0.118. The van der Waals surface area contributed by atoms with E-state index in [0.29, 0.717) is 13.0 Å². The summed E-state index contributed by atoms with van der Waals surface area (Å²) in [4.78, 5) is 11.4. The summed E-state index contributed by atoms with van der Waals surface area (Å²) in [5.74, 6) is 0.949. The van der Waals surface area contributed by atoms with Crippen LogP contribution in [0.5, 0.6) is 5.75 Å². The van der Waals surface area contributed by atoms with Crippen molar-refractivity contribution in [2.45, 2.75) is 39.5 Å². The predicted molar refractivity (Wildman–Crippen MR) is 70.0 cm³/mol. The Morgan fingerprint density at radius 2 is 2.22 bits per heavy atom. The molecule has 0 radical (unpaired) electrons. The lowest BCUT2D eigenvalue weighted by Gasteiger charge is -2.09. The maximum absolute atomic E-state index is 11.4.